The Bertz CT molecular complexity index is 424. The lowest BCUT2D eigenvalue weighted by molar-refractivity contribution is -0.134. The summed E-state index contributed by atoms with van der Waals surface area (Å²) in [5.74, 6) is -0.669. The molecule has 0 aromatic rings. The molecule has 1 rings (SSSR count). The van der Waals surface area contributed by atoms with E-state index < -0.39 is 17.6 Å². The van der Waals surface area contributed by atoms with Crippen LogP contribution in [0.5, 0.6) is 0 Å². The smallest absolute Gasteiger partial charge is 0.410 e. The molecule has 22 heavy (non-hydrogen) atoms. The van der Waals surface area contributed by atoms with Crippen molar-refractivity contribution in [2.24, 2.45) is 11.8 Å². The summed E-state index contributed by atoms with van der Waals surface area (Å²) in [4.78, 5) is 37.9. The number of Topliss-reactive ketones (excluding diaryl/α,β-unsaturated/α-hetero) is 2. The molecular weight excluding hydrogens is 282 g/mol. The summed E-state index contributed by atoms with van der Waals surface area (Å²) in [6.45, 7) is 10.9. The molecule has 0 N–H and O–H groups in total. The van der Waals surface area contributed by atoms with Crippen molar-refractivity contribution < 1.29 is 19.1 Å². The molecule has 0 aromatic heterocycles. The topological polar surface area (TPSA) is 63.7 Å². The van der Waals surface area contributed by atoms with Gasteiger partial charge in [0.25, 0.3) is 0 Å². The second kappa shape index (κ2) is 7.25. The van der Waals surface area contributed by atoms with Crippen LogP contribution in [0.2, 0.25) is 0 Å². The molecule has 1 saturated heterocycles. The predicted octanol–water partition coefficient (Wildman–Crippen LogP) is 3.21. The van der Waals surface area contributed by atoms with E-state index in [1.54, 1.807) is 4.90 Å². The Morgan fingerprint density at radius 1 is 1.18 bits per heavy atom. The van der Waals surface area contributed by atoms with Crippen LogP contribution in [0.3, 0.4) is 0 Å². The number of ketones is 2. The first-order valence-corrected chi connectivity index (χ1v) is 8.07. The van der Waals surface area contributed by atoms with Crippen LogP contribution < -0.4 is 0 Å². The summed E-state index contributed by atoms with van der Waals surface area (Å²) in [6.07, 6.45) is 2.12. The Balaban J connectivity index is 3.04. The van der Waals surface area contributed by atoms with Crippen LogP contribution in [0.1, 0.15) is 60.8 Å². The van der Waals surface area contributed by atoms with Gasteiger partial charge in [0.2, 0.25) is 0 Å². The molecule has 1 aliphatic rings. The van der Waals surface area contributed by atoms with Crippen LogP contribution >= 0.6 is 0 Å². The van der Waals surface area contributed by atoms with Crippen molar-refractivity contribution in [2.45, 2.75) is 72.4 Å². The van der Waals surface area contributed by atoms with Crippen molar-refractivity contribution in [1.29, 1.82) is 0 Å². The first-order valence-electron chi connectivity index (χ1n) is 8.07. The van der Waals surface area contributed by atoms with Crippen LogP contribution in [-0.2, 0) is 14.3 Å². The number of likely N-dealkylation sites (tertiary alicyclic amines) is 1. The quantitative estimate of drug-likeness (QED) is 0.748. The van der Waals surface area contributed by atoms with Gasteiger partial charge in [-0.2, -0.15) is 0 Å². The minimum atomic E-state index is -0.748. The molecule has 1 aliphatic heterocycles. The Kier molecular flexibility index (Phi) is 6.15. The minimum absolute atomic E-state index is 0.178. The zero-order valence-electron chi connectivity index (χ0n) is 14.6. The molecule has 1 amide bonds. The van der Waals surface area contributed by atoms with Gasteiger partial charge in [-0.3, -0.25) is 9.59 Å². The summed E-state index contributed by atoms with van der Waals surface area (Å²) in [6, 6.07) is -0.386. The van der Waals surface area contributed by atoms with Crippen molar-refractivity contribution in [3.63, 3.8) is 0 Å². The van der Waals surface area contributed by atoms with E-state index in [1.165, 1.54) is 13.8 Å². The van der Waals surface area contributed by atoms with Crippen LogP contribution in [0.25, 0.3) is 0 Å². The maximum Gasteiger partial charge on any atom is 0.410 e. The third-order valence-electron chi connectivity index (χ3n) is 4.22. The van der Waals surface area contributed by atoms with Crippen LogP contribution in [0.4, 0.5) is 4.79 Å². The maximum absolute atomic E-state index is 12.4. The van der Waals surface area contributed by atoms with Gasteiger partial charge in [-0.15, -0.1) is 0 Å². The van der Waals surface area contributed by atoms with Gasteiger partial charge in [-0.25, -0.2) is 4.79 Å². The fourth-order valence-corrected chi connectivity index (χ4v) is 3.14. The van der Waals surface area contributed by atoms with E-state index in [-0.39, 0.29) is 17.6 Å². The Morgan fingerprint density at radius 3 is 2.14 bits per heavy atom. The van der Waals surface area contributed by atoms with E-state index in [2.05, 4.69) is 6.92 Å². The summed E-state index contributed by atoms with van der Waals surface area (Å²) < 4.78 is 5.45. The van der Waals surface area contributed by atoms with E-state index in [9.17, 15) is 14.4 Å². The van der Waals surface area contributed by atoms with Crippen LogP contribution in [0, 0.1) is 11.8 Å². The molecule has 0 radical (unpaired) electrons. The second-order valence-electron chi connectivity index (χ2n) is 7.24. The van der Waals surface area contributed by atoms with Gasteiger partial charge in [-0.05, 0) is 53.4 Å². The Morgan fingerprint density at radius 2 is 1.73 bits per heavy atom. The minimum Gasteiger partial charge on any atom is -0.444 e. The zero-order valence-corrected chi connectivity index (χ0v) is 14.6. The molecule has 0 aromatic carbocycles. The molecule has 2 atom stereocenters. The van der Waals surface area contributed by atoms with Gasteiger partial charge in [0.1, 0.15) is 17.2 Å². The molecule has 126 valence electrons. The molecular formula is C17H29NO4. The second-order valence-corrected chi connectivity index (χ2v) is 7.24. The van der Waals surface area contributed by atoms with Gasteiger partial charge in [0, 0.05) is 6.54 Å². The highest BCUT2D eigenvalue weighted by Crippen LogP contribution is 2.31. The molecule has 1 heterocycles. The number of carbonyl (C=O) groups is 3. The van der Waals surface area contributed by atoms with Gasteiger partial charge >= 0.3 is 6.09 Å². The first-order chi connectivity index (χ1) is 10.1. The van der Waals surface area contributed by atoms with Crippen molar-refractivity contribution in [2.75, 3.05) is 6.54 Å². The van der Waals surface area contributed by atoms with Crippen molar-refractivity contribution in [3.05, 3.63) is 0 Å². The lowest BCUT2D eigenvalue weighted by Crippen LogP contribution is -2.54. The van der Waals surface area contributed by atoms with Gasteiger partial charge < -0.3 is 9.64 Å². The fourth-order valence-electron chi connectivity index (χ4n) is 3.14. The third kappa shape index (κ3) is 4.82. The molecule has 2 unspecified atom stereocenters. The molecule has 0 aliphatic carbocycles. The van der Waals surface area contributed by atoms with Crippen LogP contribution in [-0.4, -0.2) is 40.7 Å². The van der Waals surface area contributed by atoms with Crippen molar-refractivity contribution in [1.82, 2.24) is 4.90 Å². The number of amides is 1. The normalized spacial score (nSPS) is 22.6. The number of ether oxygens (including phenoxy) is 1. The van der Waals surface area contributed by atoms with E-state index in [4.69, 9.17) is 4.74 Å². The van der Waals surface area contributed by atoms with E-state index in [0.717, 1.165) is 12.8 Å². The molecule has 0 bridgehead atoms. The summed E-state index contributed by atoms with van der Waals surface area (Å²) in [5, 5.41) is 0. The highest BCUT2D eigenvalue weighted by molar-refractivity contribution is 6.01. The van der Waals surface area contributed by atoms with Gasteiger partial charge in [-0.1, -0.05) is 13.3 Å². The van der Waals surface area contributed by atoms with E-state index in [0.29, 0.717) is 18.9 Å². The predicted molar refractivity (Wildman–Crippen MR) is 84.6 cm³/mol. The van der Waals surface area contributed by atoms with E-state index in [1.807, 2.05) is 20.8 Å². The highest BCUT2D eigenvalue weighted by Gasteiger charge is 2.41. The molecule has 1 fully saturated rings. The average Bonchev–Trinajstić information content (AvgIpc) is 2.35. The molecule has 0 spiro atoms. The average molecular weight is 311 g/mol. The largest absolute Gasteiger partial charge is 0.444 e. The molecule has 5 heteroatoms. The third-order valence-corrected chi connectivity index (χ3v) is 4.22. The number of piperidine rings is 1. The van der Waals surface area contributed by atoms with Gasteiger partial charge in [0.05, 0.1) is 12.0 Å². The lowest BCUT2D eigenvalue weighted by atomic mass is 9.80. The van der Waals surface area contributed by atoms with E-state index >= 15 is 0 Å². The van der Waals surface area contributed by atoms with Crippen LogP contribution in [0.15, 0.2) is 0 Å². The lowest BCUT2D eigenvalue weighted by Gasteiger charge is -2.42. The zero-order chi connectivity index (χ0) is 17.1. The first kappa shape index (κ1) is 18.7. The molecule has 0 saturated carbocycles. The Hall–Kier alpha value is -1.39. The summed E-state index contributed by atoms with van der Waals surface area (Å²) in [5.41, 5.74) is -0.592. The van der Waals surface area contributed by atoms with Crippen molar-refractivity contribution in [3.8, 4) is 0 Å². The van der Waals surface area contributed by atoms with Gasteiger partial charge in [0.15, 0.2) is 0 Å². The fraction of sp³-hybridized carbons (Fsp3) is 0.824. The monoisotopic (exact) mass is 311 g/mol. The number of hydrogen-bond acceptors (Lipinski definition) is 4. The maximum atomic E-state index is 12.4. The number of nitrogens with zero attached hydrogens (tertiary/aromatic N) is 1. The molecule has 5 nitrogen and oxygen atoms in total. The number of hydrogen-bond donors (Lipinski definition) is 0. The summed E-state index contributed by atoms with van der Waals surface area (Å²) >= 11 is 0. The van der Waals surface area contributed by atoms with Crippen molar-refractivity contribution >= 4 is 17.7 Å². The summed E-state index contributed by atoms with van der Waals surface area (Å²) in [7, 11) is 0. The highest BCUT2D eigenvalue weighted by atomic mass is 16.6. The number of carbonyl (C=O) groups excluding carboxylic acids is 3. The SMILES string of the molecule is CCC1CCN(C(=O)OC(C)(C)C)C(C(C(C)=O)C(C)=O)C1. The number of rotatable bonds is 4. The Labute approximate surface area is 133 Å². The standard InChI is InChI=1S/C17H29NO4/c1-7-13-8-9-18(16(21)22-17(4,5)6)14(10-13)15(11(2)19)12(3)20/h13-15H,7-10H2,1-6H3.